The van der Waals surface area contributed by atoms with Gasteiger partial charge in [0.1, 0.15) is 12.2 Å². The highest BCUT2D eigenvalue weighted by molar-refractivity contribution is 5.82. The van der Waals surface area contributed by atoms with Crippen LogP contribution in [0.15, 0.2) is 82.0 Å². The molecule has 134 valence electrons. The average Bonchev–Trinajstić information content (AvgIpc) is 2.69. The molecule has 0 amide bonds. The number of ether oxygens (including phenoxy) is 1. The van der Waals surface area contributed by atoms with Crippen molar-refractivity contribution in [3.05, 3.63) is 99.7 Å². The minimum Gasteiger partial charge on any atom is -0.481 e. The summed E-state index contributed by atoms with van der Waals surface area (Å²) in [5.41, 5.74) is 4.46. The Balaban J connectivity index is 1.83. The molecule has 3 nitrogen and oxygen atoms in total. The van der Waals surface area contributed by atoms with E-state index in [1.165, 1.54) is 5.56 Å². The largest absolute Gasteiger partial charge is 0.481 e. The second-order valence-electron chi connectivity index (χ2n) is 6.73. The number of fused-ring (bicyclic) bond motifs is 1. The molecule has 0 unspecified atom stereocenters. The van der Waals surface area contributed by atoms with E-state index in [0.29, 0.717) is 23.3 Å². The van der Waals surface area contributed by atoms with Crippen LogP contribution in [-0.4, -0.2) is 0 Å². The summed E-state index contributed by atoms with van der Waals surface area (Å²) in [7, 11) is 0. The zero-order chi connectivity index (χ0) is 18.8. The Morgan fingerprint density at radius 1 is 0.852 bits per heavy atom. The monoisotopic (exact) mass is 356 g/mol. The maximum Gasteiger partial charge on any atom is 0.235 e. The summed E-state index contributed by atoms with van der Waals surface area (Å²) < 4.78 is 12.1. The maximum atomic E-state index is 13.1. The van der Waals surface area contributed by atoms with Crippen LogP contribution in [0, 0.1) is 13.8 Å². The Morgan fingerprint density at radius 2 is 1.56 bits per heavy atom. The van der Waals surface area contributed by atoms with Crippen LogP contribution in [0.5, 0.6) is 5.75 Å². The number of benzene rings is 3. The van der Waals surface area contributed by atoms with Gasteiger partial charge in [0.15, 0.2) is 5.76 Å². The second-order valence-corrected chi connectivity index (χ2v) is 6.73. The predicted molar refractivity (Wildman–Crippen MR) is 108 cm³/mol. The van der Waals surface area contributed by atoms with Crippen LogP contribution in [0.3, 0.4) is 0 Å². The van der Waals surface area contributed by atoms with Gasteiger partial charge in [-0.1, -0.05) is 66.2 Å². The van der Waals surface area contributed by atoms with Crippen LogP contribution in [0.1, 0.15) is 16.7 Å². The molecule has 0 saturated heterocycles. The summed E-state index contributed by atoms with van der Waals surface area (Å²) in [5, 5.41) is 0.527. The molecule has 3 aromatic carbocycles. The molecule has 0 aliphatic carbocycles. The fourth-order valence-corrected chi connectivity index (χ4v) is 3.03. The van der Waals surface area contributed by atoms with Gasteiger partial charge in [-0.2, -0.15) is 0 Å². The van der Waals surface area contributed by atoms with Gasteiger partial charge in [-0.05, 0) is 37.1 Å². The maximum absolute atomic E-state index is 13.1. The van der Waals surface area contributed by atoms with Crippen molar-refractivity contribution in [2.75, 3.05) is 0 Å². The number of hydrogen-bond acceptors (Lipinski definition) is 3. The molecule has 0 aliphatic rings. The van der Waals surface area contributed by atoms with Gasteiger partial charge in [-0.15, -0.1) is 0 Å². The van der Waals surface area contributed by atoms with Crippen LogP contribution in [0.2, 0.25) is 0 Å². The third kappa shape index (κ3) is 3.49. The lowest BCUT2D eigenvalue weighted by Crippen LogP contribution is -2.10. The molecule has 0 N–H and O–H groups in total. The normalized spacial score (nSPS) is 10.9. The Labute approximate surface area is 157 Å². The summed E-state index contributed by atoms with van der Waals surface area (Å²) in [5.74, 6) is 0.712. The van der Waals surface area contributed by atoms with Crippen molar-refractivity contribution in [3.63, 3.8) is 0 Å². The first-order chi connectivity index (χ1) is 13.1. The first-order valence-electron chi connectivity index (χ1n) is 8.93. The summed E-state index contributed by atoms with van der Waals surface area (Å²) in [4.78, 5) is 13.1. The Kier molecular flexibility index (Phi) is 4.51. The Morgan fingerprint density at radius 3 is 2.30 bits per heavy atom. The van der Waals surface area contributed by atoms with Gasteiger partial charge >= 0.3 is 0 Å². The average molecular weight is 356 g/mol. The van der Waals surface area contributed by atoms with Gasteiger partial charge in [0.25, 0.3) is 0 Å². The van der Waals surface area contributed by atoms with E-state index >= 15 is 0 Å². The molecular formula is C24H20O3. The van der Waals surface area contributed by atoms with E-state index < -0.39 is 0 Å². The highest BCUT2D eigenvalue weighted by Crippen LogP contribution is 2.31. The lowest BCUT2D eigenvalue weighted by molar-refractivity contribution is 0.298. The number of aryl methyl sites for hydroxylation is 2. The standard InChI is InChI=1S/C24H20O3/c1-16-8-11-18(12-9-16)15-26-24-22(25)20-13-10-17(2)14-21(20)27-23(24)19-6-4-3-5-7-19/h3-14H,15H2,1-2H3. The number of rotatable bonds is 4. The molecule has 0 radical (unpaired) electrons. The number of hydrogen-bond donors (Lipinski definition) is 0. The fourth-order valence-electron chi connectivity index (χ4n) is 3.03. The predicted octanol–water partition coefficient (Wildman–Crippen LogP) is 5.66. The highest BCUT2D eigenvalue weighted by atomic mass is 16.5. The molecule has 3 heteroatoms. The van der Waals surface area contributed by atoms with Crippen LogP contribution < -0.4 is 10.2 Å². The molecule has 1 heterocycles. The van der Waals surface area contributed by atoms with Crippen molar-refractivity contribution < 1.29 is 9.15 Å². The lowest BCUT2D eigenvalue weighted by atomic mass is 10.1. The van der Waals surface area contributed by atoms with Crippen LogP contribution in [-0.2, 0) is 6.61 Å². The second kappa shape index (κ2) is 7.12. The van der Waals surface area contributed by atoms with Gasteiger partial charge in [-0.25, -0.2) is 0 Å². The summed E-state index contributed by atoms with van der Waals surface area (Å²) >= 11 is 0. The molecule has 4 aromatic rings. The smallest absolute Gasteiger partial charge is 0.235 e. The molecule has 0 bridgehead atoms. The van der Waals surface area contributed by atoms with Crippen molar-refractivity contribution in [3.8, 4) is 17.1 Å². The van der Waals surface area contributed by atoms with Crippen LogP contribution in [0.4, 0.5) is 0 Å². The molecule has 4 rings (SSSR count). The molecule has 0 spiro atoms. The van der Waals surface area contributed by atoms with Gasteiger partial charge < -0.3 is 9.15 Å². The molecule has 0 saturated carbocycles. The Bertz CT molecular complexity index is 1140. The van der Waals surface area contributed by atoms with E-state index in [0.717, 1.165) is 16.7 Å². The minimum atomic E-state index is -0.151. The van der Waals surface area contributed by atoms with E-state index in [2.05, 4.69) is 0 Å². The quantitative estimate of drug-likeness (QED) is 0.474. The van der Waals surface area contributed by atoms with E-state index in [4.69, 9.17) is 9.15 Å². The van der Waals surface area contributed by atoms with E-state index in [1.54, 1.807) is 6.07 Å². The summed E-state index contributed by atoms with van der Waals surface area (Å²) in [6.45, 7) is 4.32. The molecule has 1 aromatic heterocycles. The zero-order valence-corrected chi connectivity index (χ0v) is 15.4. The molecular weight excluding hydrogens is 336 g/mol. The Hall–Kier alpha value is -3.33. The van der Waals surface area contributed by atoms with Crippen molar-refractivity contribution in [1.29, 1.82) is 0 Å². The first kappa shape index (κ1) is 17.1. The van der Waals surface area contributed by atoms with E-state index in [9.17, 15) is 4.79 Å². The van der Waals surface area contributed by atoms with Gasteiger partial charge in [0.2, 0.25) is 11.2 Å². The van der Waals surface area contributed by atoms with Crippen LogP contribution in [0.25, 0.3) is 22.3 Å². The summed E-state index contributed by atoms with van der Waals surface area (Å²) in [6.07, 6.45) is 0. The first-order valence-corrected chi connectivity index (χ1v) is 8.93. The van der Waals surface area contributed by atoms with Crippen molar-refractivity contribution in [2.24, 2.45) is 0 Å². The molecule has 0 atom stereocenters. The van der Waals surface area contributed by atoms with Crippen molar-refractivity contribution >= 4 is 11.0 Å². The van der Waals surface area contributed by atoms with Crippen molar-refractivity contribution in [1.82, 2.24) is 0 Å². The zero-order valence-electron chi connectivity index (χ0n) is 15.4. The highest BCUT2D eigenvalue weighted by Gasteiger charge is 2.17. The van der Waals surface area contributed by atoms with E-state index in [-0.39, 0.29) is 11.2 Å². The molecule has 27 heavy (non-hydrogen) atoms. The van der Waals surface area contributed by atoms with Crippen LogP contribution >= 0.6 is 0 Å². The lowest BCUT2D eigenvalue weighted by Gasteiger charge is -2.12. The third-order valence-corrected chi connectivity index (χ3v) is 4.55. The minimum absolute atomic E-state index is 0.151. The fraction of sp³-hybridized carbons (Fsp3) is 0.125. The third-order valence-electron chi connectivity index (χ3n) is 4.55. The molecule has 0 aliphatic heterocycles. The molecule has 0 fully saturated rings. The topological polar surface area (TPSA) is 39.4 Å². The van der Waals surface area contributed by atoms with E-state index in [1.807, 2.05) is 80.6 Å². The SMILES string of the molecule is Cc1ccc(COc2c(-c3ccccc3)oc3cc(C)ccc3c2=O)cc1. The van der Waals surface area contributed by atoms with Gasteiger partial charge in [0.05, 0.1) is 5.39 Å². The summed E-state index contributed by atoms with van der Waals surface area (Å²) in [6, 6.07) is 23.2. The van der Waals surface area contributed by atoms with Gasteiger partial charge in [-0.3, -0.25) is 4.79 Å². The van der Waals surface area contributed by atoms with Crippen molar-refractivity contribution in [2.45, 2.75) is 20.5 Å². The van der Waals surface area contributed by atoms with Gasteiger partial charge in [0, 0.05) is 5.56 Å².